The fourth-order valence-corrected chi connectivity index (χ4v) is 1.91. The minimum atomic E-state index is -0.873. The van der Waals surface area contributed by atoms with E-state index in [4.69, 9.17) is 23.2 Å². The summed E-state index contributed by atoms with van der Waals surface area (Å²) in [5.41, 5.74) is 0.171. The van der Waals surface area contributed by atoms with Gasteiger partial charge in [0.05, 0.1) is 16.4 Å². The van der Waals surface area contributed by atoms with E-state index in [1.165, 1.54) is 12.1 Å². The molecule has 2 aromatic carbocycles. The van der Waals surface area contributed by atoms with E-state index in [1.807, 2.05) is 0 Å². The Labute approximate surface area is 123 Å². The molecule has 0 aliphatic heterocycles. The van der Waals surface area contributed by atoms with E-state index in [0.717, 1.165) is 12.1 Å². The van der Waals surface area contributed by atoms with Crippen LogP contribution in [-0.4, -0.2) is 6.03 Å². The second-order valence-corrected chi connectivity index (χ2v) is 4.67. The van der Waals surface area contributed by atoms with E-state index in [-0.39, 0.29) is 10.7 Å². The smallest absolute Gasteiger partial charge is 0.306 e. The van der Waals surface area contributed by atoms with Gasteiger partial charge in [0.1, 0.15) is 11.6 Å². The Kier molecular flexibility index (Phi) is 4.42. The highest BCUT2D eigenvalue weighted by Crippen LogP contribution is 2.25. The highest BCUT2D eigenvalue weighted by atomic mass is 35.5. The van der Waals surface area contributed by atoms with Crippen molar-refractivity contribution in [2.24, 2.45) is 0 Å². The molecule has 0 saturated carbocycles. The number of benzene rings is 2. The van der Waals surface area contributed by atoms with Gasteiger partial charge in [0.25, 0.3) is 0 Å². The Morgan fingerprint density at radius 3 is 2.25 bits per heavy atom. The number of halogens is 4. The zero-order valence-electron chi connectivity index (χ0n) is 9.88. The van der Waals surface area contributed by atoms with Crippen LogP contribution in [0.25, 0.3) is 0 Å². The number of hydrogen-bond acceptors (Lipinski definition) is 1. The zero-order valence-corrected chi connectivity index (χ0v) is 11.4. The number of carbonyl (C=O) groups is 1. The number of anilines is 2. The number of nitrogens with one attached hydrogen (secondary N) is 2. The lowest BCUT2D eigenvalue weighted by atomic mass is 10.3. The Hall–Kier alpha value is -1.85. The monoisotopic (exact) mass is 316 g/mol. The third-order valence-corrected chi connectivity index (χ3v) is 2.91. The van der Waals surface area contributed by atoms with Gasteiger partial charge < -0.3 is 10.6 Å². The van der Waals surface area contributed by atoms with Crippen molar-refractivity contribution in [1.82, 2.24) is 0 Å². The first-order valence-electron chi connectivity index (χ1n) is 5.44. The van der Waals surface area contributed by atoms with E-state index in [0.29, 0.717) is 16.8 Å². The van der Waals surface area contributed by atoms with Crippen LogP contribution < -0.4 is 10.6 Å². The normalized spacial score (nSPS) is 10.2. The molecule has 104 valence electrons. The van der Waals surface area contributed by atoms with Crippen LogP contribution in [0.1, 0.15) is 0 Å². The molecule has 20 heavy (non-hydrogen) atoms. The van der Waals surface area contributed by atoms with Crippen molar-refractivity contribution >= 4 is 40.6 Å². The fraction of sp³-hybridized carbons (Fsp3) is 0. The molecule has 0 aromatic heterocycles. The van der Waals surface area contributed by atoms with Gasteiger partial charge in [-0.2, -0.15) is 0 Å². The predicted molar refractivity (Wildman–Crippen MR) is 75.5 cm³/mol. The van der Waals surface area contributed by atoms with Gasteiger partial charge in [-0.3, -0.25) is 0 Å². The summed E-state index contributed by atoms with van der Waals surface area (Å²) in [6.45, 7) is 0. The van der Waals surface area contributed by atoms with Crippen LogP contribution in [0.2, 0.25) is 10.0 Å². The lowest BCUT2D eigenvalue weighted by Gasteiger charge is -2.09. The maximum Gasteiger partial charge on any atom is 0.323 e. The SMILES string of the molecule is O=C(Nc1ccc(F)cc1F)Nc1ccc(Cl)cc1Cl. The highest BCUT2D eigenvalue weighted by Gasteiger charge is 2.09. The number of carbonyl (C=O) groups excluding carboxylic acids is 1. The molecule has 0 unspecified atom stereocenters. The Bertz CT molecular complexity index is 609. The number of urea groups is 1. The molecule has 0 fully saturated rings. The van der Waals surface area contributed by atoms with Gasteiger partial charge >= 0.3 is 6.03 Å². The summed E-state index contributed by atoms with van der Waals surface area (Å²) in [7, 11) is 0. The van der Waals surface area contributed by atoms with Crippen LogP contribution >= 0.6 is 23.2 Å². The summed E-state index contributed by atoms with van der Waals surface area (Å²) in [6, 6.07) is 6.62. The van der Waals surface area contributed by atoms with Crippen molar-refractivity contribution in [2.75, 3.05) is 10.6 Å². The van der Waals surface area contributed by atoms with Crippen molar-refractivity contribution in [3.63, 3.8) is 0 Å². The first-order chi connectivity index (χ1) is 9.45. The maximum atomic E-state index is 13.4. The molecule has 2 aromatic rings. The quantitative estimate of drug-likeness (QED) is 0.811. The Morgan fingerprint density at radius 1 is 0.950 bits per heavy atom. The summed E-state index contributed by atoms with van der Waals surface area (Å²) in [5.74, 6) is -1.60. The minimum Gasteiger partial charge on any atom is -0.306 e. The molecule has 0 atom stereocenters. The second-order valence-electron chi connectivity index (χ2n) is 3.83. The van der Waals surface area contributed by atoms with Crippen molar-refractivity contribution in [1.29, 1.82) is 0 Å². The second kappa shape index (κ2) is 6.07. The average molecular weight is 317 g/mol. The topological polar surface area (TPSA) is 41.1 Å². The molecule has 0 aliphatic rings. The summed E-state index contributed by atoms with van der Waals surface area (Å²) in [6.07, 6.45) is 0. The Balaban J connectivity index is 2.09. The molecule has 0 heterocycles. The van der Waals surface area contributed by atoms with Crippen molar-refractivity contribution in [2.45, 2.75) is 0 Å². The minimum absolute atomic E-state index is 0.144. The molecule has 3 nitrogen and oxygen atoms in total. The standard InChI is InChI=1S/C13H8Cl2F2N2O/c14-7-1-3-11(9(15)5-7)18-13(20)19-12-4-2-8(16)6-10(12)17/h1-6H,(H2,18,19,20). The summed E-state index contributed by atoms with van der Waals surface area (Å²) < 4.78 is 26.1. The molecule has 2 rings (SSSR count). The number of rotatable bonds is 2. The fourth-order valence-electron chi connectivity index (χ4n) is 1.46. The molecule has 0 radical (unpaired) electrons. The van der Waals surface area contributed by atoms with Gasteiger partial charge in [0.2, 0.25) is 0 Å². The van der Waals surface area contributed by atoms with E-state index in [1.54, 1.807) is 6.07 Å². The van der Waals surface area contributed by atoms with E-state index < -0.39 is 17.7 Å². The maximum absolute atomic E-state index is 13.4. The molecule has 0 spiro atoms. The summed E-state index contributed by atoms with van der Waals surface area (Å²) in [5, 5.41) is 5.34. The van der Waals surface area contributed by atoms with Crippen molar-refractivity contribution in [3.8, 4) is 0 Å². The van der Waals surface area contributed by atoms with Crippen LogP contribution in [0.3, 0.4) is 0 Å². The molecule has 2 amide bonds. The first kappa shape index (κ1) is 14.6. The van der Waals surface area contributed by atoms with E-state index >= 15 is 0 Å². The van der Waals surface area contributed by atoms with Crippen LogP contribution in [0.5, 0.6) is 0 Å². The van der Waals surface area contributed by atoms with Crippen LogP contribution in [0, 0.1) is 11.6 Å². The van der Waals surface area contributed by atoms with Crippen LogP contribution in [0.4, 0.5) is 25.0 Å². The van der Waals surface area contributed by atoms with Gasteiger partial charge in [0.15, 0.2) is 0 Å². The van der Waals surface area contributed by atoms with Gasteiger partial charge in [-0.1, -0.05) is 23.2 Å². The molecule has 0 aliphatic carbocycles. The third-order valence-electron chi connectivity index (χ3n) is 2.36. The summed E-state index contributed by atoms with van der Waals surface area (Å²) >= 11 is 11.6. The molecule has 0 bridgehead atoms. The molecule has 2 N–H and O–H groups in total. The van der Waals surface area contributed by atoms with Crippen molar-refractivity contribution in [3.05, 3.63) is 58.1 Å². The predicted octanol–water partition coefficient (Wildman–Crippen LogP) is 4.92. The molecule has 7 heteroatoms. The van der Waals surface area contributed by atoms with Crippen LogP contribution in [0.15, 0.2) is 36.4 Å². The molecule has 0 saturated heterocycles. The molecular formula is C13H8Cl2F2N2O. The Morgan fingerprint density at radius 2 is 1.60 bits per heavy atom. The summed E-state index contributed by atoms with van der Waals surface area (Å²) in [4.78, 5) is 11.7. The van der Waals surface area contributed by atoms with Crippen LogP contribution in [-0.2, 0) is 0 Å². The zero-order chi connectivity index (χ0) is 14.7. The van der Waals surface area contributed by atoms with Gasteiger partial charge in [-0.25, -0.2) is 13.6 Å². The van der Waals surface area contributed by atoms with Gasteiger partial charge in [-0.15, -0.1) is 0 Å². The third kappa shape index (κ3) is 3.59. The van der Waals surface area contributed by atoms with E-state index in [2.05, 4.69) is 10.6 Å². The number of amides is 2. The van der Waals surface area contributed by atoms with Gasteiger partial charge in [0, 0.05) is 11.1 Å². The first-order valence-corrected chi connectivity index (χ1v) is 6.19. The highest BCUT2D eigenvalue weighted by molar-refractivity contribution is 6.36. The average Bonchev–Trinajstić information content (AvgIpc) is 2.36. The van der Waals surface area contributed by atoms with Gasteiger partial charge in [-0.05, 0) is 30.3 Å². The van der Waals surface area contributed by atoms with Crippen molar-refractivity contribution < 1.29 is 13.6 Å². The number of hydrogen-bond donors (Lipinski definition) is 2. The largest absolute Gasteiger partial charge is 0.323 e. The molecular weight excluding hydrogens is 309 g/mol. The lowest BCUT2D eigenvalue weighted by Crippen LogP contribution is -2.20. The lowest BCUT2D eigenvalue weighted by molar-refractivity contribution is 0.262. The van der Waals surface area contributed by atoms with E-state index in [9.17, 15) is 13.6 Å².